The van der Waals surface area contributed by atoms with Crippen molar-refractivity contribution < 1.29 is 4.79 Å². The number of Topliss-reactive ketones (excluding diaryl/α,β-unsaturated/α-hetero) is 1. The molecule has 7 heteroatoms. The van der Waals surface area contributed by atoms with Crippen molar-refractivity contribution >= 4 is 23.4 Å². The van der Waals surface area contributed by atoms with Gasteiger partial charge in [-0.15, -0.1) is 0 Å². The van der Waals surface area contributed by atoms with Crippen molar-refractivity contribution in [3.05, 3.63) is 5.56 Å². The van der Waals surface area contributed by atoms with Crippen LogP contribution in [-0.4, -0.2) is 68.1 Å². The van der Waals surface area contributed by atoms with E-state index in [2.05, 4.69) is 20.0 Å². The zero-order valence-electron chi connectivity index (χ0n) is 15.1. The summed E-state index contributed by atoms with van der Waals surface area (Å²) in [5.41, 5.74) is 0.715. The molecule has 1 aromatic rings. The Hall–Kier alpha value is -1.89. The van der Waals surface area contributed by atoms with Crippen molar-refractivity contribution in [2.24, 2.45) is 0 Å². The first-order valence-corrected chi connectivity index (χ1v) is 9.62. The van der Waals surface area contributed by atoms with E-state index in [9.17, 15) is 4.79 Å². The minimum Gasteiger partial charge on any atom is -0.356 e. The Balaban J connectivity index is 1.81. The molecule has 4 rings (SSSR count). The second kappa shape index (κ2) is 7.15. The van der Waals surface area contributed by atoms with Crippen molar-refractivity contribution in [3.63, 3.8) is 0 Å². The van der Waals surface area contributed by atoms with Gasteiger partial charge in [-0.25, -0.2) is 0 Å². The largest absolute Gasteiger partial charge is 0.356 e. The minimum atomic E-state index is 0.0726. The third kappa shape index (κ3) is 3.29. The standard InChI is InChI=1S/C18H28N6O/c1-14(25)15-16(22-8-2-3-9-22)20-18(24-10-4-5-11-24)21-17(15)23-12-6-19-7-13-23/h19H,2-13H2,1H3. The molecule has 25 heavy (non-hydrogen) atoms. The van der Waals surface area contributed by atoms with Gasteiger partial charge in [0, 0.05) is 52.4 Å². The van der Waals surface area contributed by atoms with Crippen molar-refractivity contribution in [2.75, 3.05) is 67.1 Å². The average Bonchev–Trinajstić information content (AvgIpc) is 3.35. The lowest BCUT2D eigenvalue weighted by Gasteiger charge is -2.32. The molecule has 0 atom stereocenters. The maximum Gasteiger partial charge on any atom is 0.229 e. The predicted octanol–water partition coefficient (Wildman–Crippen LogP) is 1.29. The molecule has 0 bridgehead atoms. The summed E-state index contributed by atoms with van der Waals surface area (Å²) in [4.78, 5) is 29.2. The number of carbonyl (C=O) groups is 1. The molecule has 1 N–H and O–H groups in total. The highest BCUT2D eigenvalue weighted by Crippen LogP contribution is 2.33. The summed E-state index contributed by atoms with van der Waals surface area (Å²) in [6.45, 7) is 9.28. The summed E-state index contributed by atoms with van der Waals surface area (Å²) in [6, 6.07) is 0. The number of anilines is 3. The summed E-state index contributed by atoms with van der Waals surface area (Å²) in [5, 5.41) is 3.38. The van der Waals surface area contributed by atoms with Crippen molar-refractivity contribution in [2.45, 2.75) is 32.6 Å². The molecule has 0 radical (unpaired) electrons. The van der Waals surface area contributed by atoms with Crippen LogP contribution in [0.15, 0.2) is 0 Å². The van der Waals surface area contributed by atoms with Gasteiger partial charge < -0.3 is 20.0 Å². The SMILES string of the molecule is CC(=O)c1c(N2CCCC2)nc(N2CCCC2)nc1N1CCNCC1. The number of carbonyl (C=O) groups excluding carboxylic acids is 1. The lowest BCUT2D eigenvalue weighted by atomic mass is 10.1. The number of aromatic nitrogens is 2. The van der Waals surface area contributed by atoms with Gasteiger partial charge in [0.2, 0.25) is 5.95 Å². The zero-order valence-corrected chi connectivity index (χ0v) is 15.1. The number of nitrogens with zero attached hydrogens (tertiary/aromatic N) is 5. The Morgan fingerprint density at radius 1 is 0.800 bits per heavy atom. The van der Waals surface area contributed by atoms with Gasteiger partial charge in [0.15, 0.2) is 5.78 Å². The molecule has 0 amide bonds. The highest BCUT2D eigenvalue weighted by atomic mass is 16.1. The Bertz CT molecular complexity index is 631. The van der Waals surface area contributed by atoms with Gasteiger partial charge in [-0.3, -0.25) is 4.79 Å². The smallest absolute Gasteiger partial charge is 0.229 e. The van der Waals surface area contributed by atoms with Crippen molar-refractivity contribution in [1.82, 2.24) is 15.3 Å². The first-order valence-electron chi connectivity index (χ1n) is 9.62. The highest BCUT2D eigenvalue weighted by Gasteiger charge is 2.29. The second-order valence-electron chi connectivity index (χ2n) is 7.23. The lowest BCUT2D eigenvalue weighted by Crippen LogP contribution is -2.45. The van der Waals surface area contributed by atoms with Crippen LogP contribution >= 0.6 is 0 Å². The molecular weight excluding hydrogens is 316 g/mol. The molecular formula is C18H28N6O. The summed E-state index contributed by atoms with van der Waals surface area (Å²) in [5.74, 6) is 2.57. The van der Waals surface area contributed by atoms with Crippen LogP contribution in [0.1, 0.15) is 43.0 Å². The topological polar surface area (TPSA) is 64.6 Å². The number of hydrogen-bond acceptors (Lipinski definition) is 7. The van der Waals surface area contributed by atoms with E-state index in [1.54, 1.807) is 6.92 Å². The molecule has 0 spiro atoms. The fourth-order valence-corrected chi connectivity index (χ4v) is 4.06. The van der Waals surface area contributed by atoms with Crippen LogP contribution in [0.25, 0.3) is 0 Å². The predicted molar refractivity (Wildman–Crippen MR) is 100 cm³/mol. The molecule has 4 heterocycles. The fraction of sp³-hybridized carbons (Fsp3) is 0.722. The van der Waals surface area contributed by atoms with E-state index in [1.165, 1.54) is 25.7 Å². The number of nitrogens with one attached hydrogen (secondary N) is 1. The number of piperazine rings is 1. The van der Waals surface area contributed by atoms with Crippen molar-refractivity contribution in [3.8, 4) is 0 Å². The van der Waals surface area contributed by atoms with Crippen LogP contribution < -0.4 is 20.0 Å². The first kappa shape index (κ1) is 16.6. The van der Waals surface area contributed by atoms with E-state index >= 15 is 0 Å². The number of ketones is 1. The van der Waals surface area contributed by atoms with Crippen LogP contribution in [0.5, 0.6) is 0 Å². The van der Waals surface area contributed by atoms with E-state index in [-0.39, 0.29) is 5.78 Å². The van der Waals surface area contributed by atoms with E-state index in [1.807, 2.05) is 0 Å². The normalized spacial score (nSPS) is 21.2. The quantitative estimate of drug-likeness (QED) is 0.826. The Morgan fingerprint density at radius 2 is 1.28 bits per heavy atom. The van der Waals surface area contributed by atoms with Gasteiger partial charge in [-0.2, -0.15) is 9.97 Å². The van der Waals surface area contributed by atoms with Crippen LogP contribution in [0.2, 0.25) is 0 Å². The Morgan fingerprint density at radius 3 is 1.80 bits per heavy atom. The van der Waals surface area contributed by atoms with Gasteiger partial charge in [-0.05, 0) is 32.6 Å². The van der Waals surface area contributed by atoms with E-state index in [0.717, 1.165) is 69.9 Å². The van der Waals surface area contributed by atoms with E-state index in [4.69, 9.17) is 9.97 Å². The Labute approximate surface area is 149 Å². The van der Waals surface area contributed by atoms with Crippen LogP contribution in [0.3, 0.4) is 0 Å². The van der Waals surface area contributed by atoms with Crippen molar-refractivity contribution in [1.29, 1.82) is 0 Å². The molecule has 3 fully saturated rings. The summed E-state index contributed by atoms with van der Waals surface area (Å²) in [6.07, 6.45) is 4.73. The highest BCUT2D eigenvalue weighted by molar-refractivity contribution is 6.04. The van der Waals surface area contributed by atoms with Crippen LogP contribution in [0, 0.1) is 0 Å². The second-order valence-corrected chi connectivity index (χ2v) is 7.23. The summed E-state index contributed by atoms with van der Waals surface area (Å²) < 4.78 is 0. The van der Waals surface area contributed by atoms with E-state index < -0.39 is 0 Å². The zero-order chi connectivity index (χ0) is 17.2. The fourth-order valence-electron chi connectivity index (χ4n) is 4.06. The monoisotopic (exact) mass is 344 g/mol. The Kier molecular flexibility index (Phi) is 4.74. The molecule has 7 nitrogen and oxygen atoms in total. The van der Waals surface area contributed by atoms with Gasteiger partial charge in [0.1, 0.15) is 17.2 Å². The molecule has 136 valence electrons. The number of hydrogen-bond donors (Lipinski definition) is 1. The van der Waals surface area contributed by atoms with Crippen LogP contribution in [-0.2, 0) is 0 Å². The summed E-state index contributed by atoms with van der Waals surface area (Å²) >= 11 is 0. The van der Waals surface area contributed by atoms with Gasteiger partial charge in [0.25, 0.3) is 0 Å². The average molecular weight is 344 g/mol. The third-order valence-electron chi connectivity index (χ3n) is 5.42. The molecule has 3 saturated heterocycles. The molecule has 1 aromatic heterocycles. The molecule has 0 saturated carbocycles. The maximum atomic E-state index is 12.6. The number of rotatable bonds is 4. The molecule has 0 aromatic carbocycles. The lowest BCUT2D eigenvalue weighted by molar-refractivity contribution is 0.101. The third-order valence-corrected chi connectivity index (χ3v) is 5.42. The molecule has 0 aliphatic carbocycles. The van der Waals surface area contributed by atoms with Gasteiger partial charge in [0.05, 0.1) is 0 Å². The van der Waals surface area contributed by atoms with Gasteiger partial charge >= 0.3 is 0 Å². The summed E-state index contributed by atoms with van der Waals surface area (Å²) in [7, 11) is 0. The van der Waals surface area contributed by atoms with Crippen LogP contribution in [0.4, 0.5) is 17.6 Å². The van der Waals surface area contributed by atoms with E-state index in [0.29, 0.717) is 5.56 Å². The molecule has 3 aliphatic rings. The minimum absolute atomic E-state index is 0.0726. The first-order chi connectivity index (χ1) is 12.2. The molecule has 3 aliphatic heterocycles. The molecule has 0 unspecified atom stereocenters. The maximum absolute atomic E-state index is 12.6. The van der Waals surface area contributed by atoms with Gasteiger partial charge in [-0.1, -0.05) is 0 Å².